The van der Waals surface area contributed by atoms with Gasteiger partial charge >= 0.3 is 5.97 Å². The molecule has 0 fully saturated rings. The van der Waals surface area contributed by atoms with E-state index in [0.29, 0.717) is 0 Å². The lowest BCUT2D eigenvalue weighted by Gasteiger charge is -2.02. The van der Waals surface area contributed by atoms with Gasteiger partial charge in [0.2, 0.25) is 0 Å². The Morgan fingerprint density at radius 2 is 1.89 bits per heavy atom. The first-order valence-corrected chi connectivity index (χ1v) is 5.92. The molecule has 94 valence electrons. The van der Waals surface area contributed by atoms with Crippen LogP contribution in [0, 0.1) is 0 Å². The zero-order valence-corrected chi connectivity index (χ0v) is 10.4. The van der Waals surface area contributed by atoms with Crippen LogP contribution in [0.3, 0.4) is 0 Å². The molecular formula is C15H12N2O2. The zero-order chi connectivity index (χ0) is 13.4. The Morgan fingerprint density at radius 3 is 2.58 bits per heavy atom. The maximum Gasteiger partial charge on any atom is 0.335 e. The van der Waals surface area contributed by atoms with Crippen LogP contribution in [-0.2, 0) is 7.05 Å². The third-order valence-electron chi connectivity index (χ3n) is 3.16. The van der Waals surface area contributed by atoms with Gasteiger partial charge in [-0.05, 0) is 18.2 Å². The number of aryl methyl sites for hydroxylation is 1. The summed E-state index contributed by atoms with van der Waals surface area (Å²) in [6, 6.07) is 14.8. The lowest BCUT2D eigenvalue weighted by Crippen LogP contribution is -1.97. The average molecular weight is 252 g/mol. The fraction of sp³-hybridized carbons (Fsp3) is 0.0667. The van der Waals surface area contributed by atoms with Gasteiger partial charge in [0, 0.05) is 12.6 Å². The largest absolute Gasteiger partial charge is 0.478 e. The first-order valence-electron chi connectivity index (χ1n) is 5.92. The molecule has 3 rings (SSSR count). The van der Waals surface area contributed by atoms with E-state index in [0.717, 1.165) is 22.4 Å². The third kappa shape index (κ3) is 1.87. The van der Waals surface area contributed by atoms with Crippen molar-refractivity contribution in [1.82, 2.24) is 9.55 Å². The van der Waals surface area contributed by atoms with Gasteiger partial charge in [-0.25, -0.2) is 9.78 Å². The summed E-state index contributed by atoms with van der Waals surface area (Å²) in [6.45, 7) is 0. The summed E-state index contributed by atoms with van der Waals surface area (Å²) in [7, 11) is 1.89. The number of nitrogens with zero attached hydrogens (tertiary/aromatic N) is 2. The number of aromatic nitrogens is 2. The van der Waals surface area contributed by atoms with Crippen LogP contribution in [0.1, 0.15) is 10.4 Å². The van der Waals surface area contributed by atoms with Gasteiger partial charge in [0.25, 0.3) is 0 Å². The molecule has 3 aromatic rings. The topological polar surface area (TPSA) is 55.1 Å². The van der Waals surface area contributed by atoms with E-state index in [4.69, 9.17) is 5.11 Å². The molecule has 0 atom stereocenters. The number of carboxylic acid groups (broad SMARTS) is 1. The number of hydrogen-bond acceptors (Lipinski definition) is 2. The molecule has 0 aliphatic heterocycles. The van der Waals surface area contributed by atoms with E-state index in [9.17, 15) is 4.79 Å². The molecule has 0 aliphatic rings. The number of hydrogen-bond donors (Lipinski definition) is 1. The van der Waals surface area contributed by atoms with Crippen molar-refractivity contribution in [3.05, 3.63) is 54.1 Å². The molecule has 19 heavy (non-hydrogen) atoms. The molecule has 1 heterocycles. The second kappa shape index (κ2) is 4.24. The Labute approximate surface area is 109 Å². The first-order chi connectivity index (χ1) is 9.16. The number of fused-ring (bicyclic) bond motifs is 1. The van der Waals surface area contributed by atoms with E-state index in [1.807, 2.05) is 41.9 Å². The molecule has 2 aromatic carbocycles. The fourth-order valence-electron chi connectivity index (χ4n) is 2.17. The van der Waals surface area contributed by atoms with E-state index in [1.54, 1.807) is 18.2 Å². The SMILES string of the molecule is Cn1c(-c2ccccc2)nc2ccc(C(=O)O)cc21. The predicted octanol–water partition coefficient (Wildman–Crippen LogP) is 2.94. The molecule has 0 unspecified atom stereocenters. The first kappa shape index (κ1) is 11.5. The Balaban J connectivity index is 2.24. The number of carbonyl (C=O) groups is 1. The standard InChI is InChI=1S/C15H12N2O2/c1-17-13-9-11(15(18)19)7-8-12(13)16-14(17)10-5-3-2-4-6-10/h2-9H,1H3,(H,18,19). The van der Waals surface area contributed by atoms with Gasteiger partial charge < -0.3 is 9.67 Å². The Bertz CT molecular complexity index is 760. The van der Waals surface area contributed by atoms with Crippen molar-refractivity contribution in [2.75, 3.05) is 0 Å². The van der Waals surface area contributed by atoms with Gasteiger partial charge in [0.15, 0.2) is 0 Å². The van der Waals surface area contributed by atoms with Gasteiger partial charge in [-0.3, -0.25) is 0 Å². The smallest absolute Gasteiger partial charge is 0.335 e. The number of rotatable bonds is 2. The third-order valence-corrected chi connectivity index (χ3v) is 3.16. The summed E-state index contributed by atoms with van der Waals surface area (Å²) in [5.41, 5.74) is 2.90. The lowest BCUT2D eigenvalue weighted by molar-refractivity contribution is 0.0697. The quantitative estimate of drug-likeness (QED) is 0.763. The van der Waals surface area contributed by atoms with Crippen LogP contribution in [0.15, 0.2) is 48.5 Å². The Morgan fingerprint density at radius 1 is 1.16 bits per heavy atom. The molecule has 1 aromatic heterocycles. The highest BCUT2D eigenvalue weighted by Crippen LogP contribution is 2.24. The fourth-order valence-corrected chi connectivity index (χ4v) is 2.17. The van der Waals surface area contributed by atoms with Crippen LogP contribution < -0.4 is 0 Å². The van der Waals surface area contributed by atoms with Crippen molar-refractivity contribution in [3.8, 4) is 11.4 Å². The molecule has 0 saturated carbocycles. The minimum Gasteiger partial charge on any atom is -0.478 e. The van der Waals surface area contributed by atoms with Gasteiger partial charge in [-0.15, -0.1) is 0 Å². The van der Waals surface area contributed by atoms with E-state index in [1.165, 1.54) is 0 Å². The summed E-state index contributed by atoms with van der Waals surface area (Å²) in [5, 5.41) is 9.03. The predicted molar refractivity (Wildman–Crippen MR) is 73.1 cm³/mol. The summed E-state index contributed by atoms with van der Waals surface area (Å²) in [4.78, 5) is 15.6. The molecule has 0 spiro atoms. The second-order valence-corrected chi connectivity index (χ2v) is 4.37. The summed E-state index contributed by atoms with van der Waals surface area (Å²) >= 11 is 0. The van der Waals surface area contributed by atoms with Crippen molar-refractivity contribution in [2.45, 2.75) is 0 Å². The van der Waals surface area contributed by atoms with Crippen LogP contribution in [0.5, 0.6) is 0 Å². The summed E-state index contributed by atoms with van der Waals surface area (Å²) < 4.78 is 1.91. The zero-order valence-electron chi connectivity index (χ0n) is 10.4. The highest BCUT2D eigenvalue weighted by Gasteiger charge is 2.11. The Hall–Kier alpha value is -2.62. The molecule has 0 radical (unpaired) electrons. The molecule has 4 nitrogen and oxygen atoms in total. The molecule has 0 bridgehead atoms. The molecule has 4 heteroatoms. The van der Waals surface area contributed by atoms with Crippen molar-refractivity contribution in [2.24, 2.45) is 7.05 Å². The van der Waals surface area contributed by atoms with Crippen LogP contribution >= 0.6 is 0 Å². The molecular weight excluding hydrogens is 240 g/mol. The Kier molecular flexibility index (Phi) is 2.56. The maximum absolute atomic E-state index is 11.0. The van der Waals surface area contributed by atoms with Gasteiger partial charge in [0.05, 0.1) is 16.6 Å². The lowest BCUT2D eigenvalue weighted by atomic mass is 10.2. The number of imidazole rings is 1. The number of aromatic carboxylic acids is 1. The highest BCUT2D eigenvalue weighted by molar-refractivity contribution is 5.93. The molecule has 0 amide bonds. The van der Waals surface area contributed by atoms with Crippen LogP contribution in [0.4, 0.5) is 0 Å². The molecule has 0 saturated heterocycles. The molecule has 1 N–H and O–H groups in total. The monoisotopic (exact) mass is 252 g/mol. The maximum atomic E-state index is 11.0. The molecule has 0 aliphatic carbocycles. The number of carboxylic acids is 1. The highest BCUT2D eigenvalue weighted by atomic mass is 16.4. The van der Waals surface area contributed by atoms with Crippen LogP contribution in [0.25, 0.3) is 22.4 Å². The number of benzene rings is 2. The summed E-state index contributed by atoms with van der Waals surface area (Å²) in [6.07, 6.45) is 0. The van der Waals surface area contributed by atoms with Gasteiger partial charge in [-0.1, -0.05) is 30.3 Å². The van der Waals surface area contributed by atoms with Crippen molar-refractivity contribution in [3.63, 3.8) is 0 Å². The van der Waals surface area contributed by atoms with Crippen LogP contribution in [-0.4, -0.2) is 20.6 Å². The summed E-state index contributed by atoms with van der Waals surface area (Å²) in [5.74, 6) is -0.0949. The minimum absolute atomic E-state index is 0.273. The van der Waals surface area contributed by atoms with E-state index >= 15 is 0 Å². The van der Waals surface area contributed by atoms with Gasteiger partial charge in [-0.2, -0.15) is 0 Å². The van der Waals surface area contributed by atoms with E-state index in [2.05, 4.69) is 4.98 Å². The minimum atomic E-state index is -0.927. The van der Waals surface area contributed by atoms with Crippen LogP contribution in [0.2, 0.25) is 0 Å². The normalized spacial score (nSPS) is 10.8. The average Bonchev–Trinajstić information content (AvgIpc) is 2.77. The van der Waals surface area contributed by atoms with E-state index < -0.39 is 5.97 Å². The second-order valence-electron chi connectivity index (χ2n) is 4.37. The van der Waals surface area contributed by atoms with Crippen molar-refractivity contribution < 1.29 is 9.90 Å². The van der Waals surface area contributed by atoms with Crippen molar-refractivity contribution in [1.29, 1.82) is 0 Å². The van der Waals surface area contributed by atoms with Gasteiger partial charge in [0.1, 0.15) is 5.82 Å². The van der Waals surface area contributed by atoms with E-state index in [-0.39, 0.29) is 5.56 Å². The van der Waals surface area contributed by atoms with Crippen molar-refractivity contribution >= 4 is 17.0 Å².